The van der Waals surface area contributed by atoms with Crippen molar-refractivity contribution in [3.05, 3.63) is 30.2 Å². The highest BCUT2D eigenvalue weighted by Crippen LogP contribution is 2.26. The van der Waals surface area contributed by atoms with Crippen LogP contribution >= 0.6 is 0 Å². The summed E-state index contributed by atoms with van der Waals surface area (Å²) in [5, 5.41) is 3.82. The summed E-state index contributed by atoms with van der Waals surface area (Å²) in [4.78, 5) is 4.14. The van der Waals surface area contributed by atoms with Gasteiger partial charge in [0.2, 0.25) is 21.7 Å². The fourth-order valence-electron chi connectivity index (χ4n) is 1.54. The molecule has 0 aliphatic rings. The van der Waals surface area contributed by atoms with Gasteiger partial charge >= 0.3 is 0 Å². The predicted octanol–water partition coefficient (Wildman–Crippen LogP) is 1.18. The third kappa shape index (κ3) is 3.34. The zero-order valence-corrected chi connectivity index (χ0v) is 12.0. The van der Waals surface area contributed by atoms with Crippen LogP contribution in [0.5, 0.6) is 5.75 Å². The van der Waals surface area contributed by atoms with Crippen LogP contribution in [0, 0.1) is 0 Å². The molecule has 1 aromatic heterocycles. The van der Waals surface area contributed by atoms with Crippen LogP contribution < -0.4 is 9.46 Å². The van der Waals surface area contributed by atoms with E-state index in [2.05, 4.69) is 14.9 Å². The van der Waals surface area contributed by atoms with E-state index >= 15 is 0 Å². The maximum atomic E-state index is 11.3. The third-order valence-electron chi connectivity index (χ3n) is 2.64. The van der Waals surface area contributed by atoms with Gasteiger partial charge in [0, 0.05) is 0 Å². The van der Waals surface area contributed by atoms with Gasteiger partial charge in [-0.15, -0.1) is 0 Å². The Labute approximate surface area is 117 Å². The standard InChI is InChI=1S/C12H15N3O4S/c1-3-20(16,17)13-8-11-14-12(15-19-11)9-6-4-5-7-10(9)18-2/h4-7,13H,3,8H2,1-2H3. The monoisotopic (exact) mass is 297 g/mol. The molecule has 1 heterocycles. The molecule has 0 amide bonds. The highest BCUT2D eigenvalue weighted by atomic mass is 32.2. The van der Waals surface area contributed by atoms with Crippen LogP contribution in [0.15, 0.2) is 28.8 Å². The average molecular weight is 297 g/mol. The van der Waals surface area contributed by atoms with Gasteiger partial charge in [0.25, 0.3) is 0 Å². The van der Waals surface area contributed by atoms with Gasteiger partial charge in [0.1, 0.15) is 5.75 Å². The normalized spacial score (nSPS) is 11.5. The lowest BCUT2D eigenvalue weighted by molar-refractivity contribution is 0.375. The maximum absolute atomic E-state index is 11.3. The van der Waals surface area contributed by atoms with Crippen molar-refractivity contribution in [3.63, 3.8) is 0 Å². The molecular formula is C12H15N3O4S. The number of para-hydroxylation sites is 1. The second-order valence-electron chi connectivity index (χ2n) is 3.94. The molecule has 0 saturated heterocycles. The van der Waals surface area contributed by atoms with Crippen LogP contribution in [0.3, 0.4) is 0 Å². The van der Waals surface area contributed by atoms with E-state index in [0.717, 1.165) is 0 Å². The van der Waals surface area contributed by atoms with Crippen molar-refractivity contribution in [1.29, 1.82) is 0 Å². The van der Waals surface area contributed by atoms with E-state index in [1.54, 1.807) is 26.2 Å². The largest absolute Gasteiger partial charge is 0.496 e. The second-order valence-corrected chi connectivity index (χ2v) is 6.03. The summed E-state index contributed by atoms with van der Waals surface area (Å²) in [6.07, 6.45) is 0. The van der Waals surface area contributed by atoms with Crippen molar-refractivity contribution in [2.75, 3.05) is 12.9 Å². The maximum Gasteiger partial charge on any atom is 0.242 e. The van der Waals surface area contributed by atoms with Crippen molar-refractivity contribution < 1.29 is 17.7 Å². The number of hydrogen-bond acceptors (Lipinski definition) is 6. The van der Waals surface area contributed by atoms with Gasteiger partial charge in [-0.2, -0.15) is 4.98 Å². The molecule has 2 rings (SSSR count). The smallest absolute Gasteiger partial charge is 0.242 e. The molecule has 0 atom stereocenters. The molecule has 0 aliphatic heterocycles. The molecule has 8 heteroatoms. The Hall–Kier alpha value is -1.93. The molecule has 0 radical (unpaired) electrons. The lowest BCUT2D eigenvalue weighted by atomic mass is 10.2. The Morgan fingerprint density at radius 2 is 2.10 bits per heavy atom. The Bertz CT molecular complexity index is 682. The summed E-state index contributed by atoms with van der Waals surface area (Å²) in [5.74, 6) is 1.17. The highest BCUT2D eigenvalue weighted by molar-refractivity contribution is 7.89. The topological polar surface area (TPSA) is 94.3 Å². The molecule has 108 valence electrons. The summed E-state index contributed by atoms with van der Waals surface area (Å²) < 4.78 is 35.2. The molecular weight excluding hydrogens is 282 g/mol. The molecule has 0 fully saturated rings. The quantitative estimate of drug-likeness (QED) is 0.860. The molecule has 1 aromatic carbocycles. The first-order valence-corrected chi connectivity index (χ1v) is 7.64. The lowest BCUT2D eigenvalue weighted by Crippen LogP contribution is -2.24. The molecule has 20 heavy (non-hydrogen) atoms. The number of rotatable bonds is 6. The summed E-state index contributed by atoms with van der Waals surface area (Å²) in [7, 11) is -1.74. The van der Waals surface area contributed by atoms with Crippen LogP contribution in [-0.2, 0) is 16.6 Å². The Morgan fingerprint density at radius 1 is 1.35 bits per heavy atom. The summed E-state index contributed by atoms with van der Waals surface area (Å²) >= 11 is 0. The number of benzene rings is 1. The minimum Gasteiger partial charge on any atom is -0.496 e. The van der Waals surface area contributed by atoms with Crippen molar-refractivity contribution >= 4 is 10.0 Å². The van der Waals surface area contributed by atoms with Crippen molar-refractivity contribution in [3.8, 4) is 17.1 Å². The van der Waals surface area contributed by atoms with Crippen molar-refractivity contribution in [2.45, 2.75) is 13.5 Å². The van der Waals surface area contributed by atoms with Gasteiger partial charge in [0.15, 0.2) is 0 Å². The van der Waals surface area contributed by atoms with E-state index < -0.39 is 10.0 Å². The van der Waals surface area contributed by atoms with E-state index in [9.17, 15) is 8.42 Å². The number of methoxy groups -OCH3 is 1. The summed E-state index contributed by atoms with van der Waals surface area (Å²) in [6, 6.07) is 7.24. The number of ether oxygens (including phenoxy) is 1. The van der Waals surface area contributed by atoms with Gasteiger partial charge in [-0.05, 0) is 19.1 Å². The minimum atomic E-state index is -3.29. The third-order valence-corrected chi connectivity index (χ3v) is 3.98. The van der Waals surface area contributed by atoms with E-state index in [0.29, 0.717) is 17.1 Å². The minimum absolute atomic E-state index is 0.000498. The first kappa shape index (κ1) is 14.5. The highest BCUT2D eigenvalue weighted by Gasteiger charge is 2.14. The number of nitrogens with one attached hydrogen (secondary N) is 1. The second kappa shape index (κ2) is 6.02. The summed E-state index contributed by atoms with van der Waals surface area (Å²) in [5.41, 5.74) is 0.684. The number of sulfonamides is 1. The Kier molecular flexibility index (Phi) is 4.35. The van der Waals surface area contributed by atoms with E-state index in [-0.39, 0.29) is 18.2 Å². The number of aromatic nitrogens is 2. The molecule has 0 aliphatic carbocycles. The first-order valence-electron chi connectivity index (χ1n) is 5.99. The van der Waals surface area contributed by atoms with Gasteiger partial charge < -0.3 is 9.26 Å². The van der Waals surface area contributed by atoms with Crippen LogP contribution in [0.2, 0.25) is 0 Å². The van der Waals surface area contributed by atoms with Crippen LogP contribution in [0.1, 0.15) is 12.8 Å². The zero-order valence-electron chi connectivity index (χ0n) is 11.2. The number of hydrogen-bond donors (Lipinski definition) is 1. The molecule has 0 spiro atoms. The van der Waals surface area contributed by atoms with E-state index in [1.165, 1.54) is 0 Å². The molecule has 1 N–H and O–H groups in total. The molecule has 0 bridgehead atoms. The fourth-order valence-corrected chi connectivity index (χ4v) is 2.09. The van der Waals surface area contributed by atoms with Gasteiger partial charge in [-0.25, -0.2) is 13.1 Å². The fraction of sp³-hybridized carbons (Fsp3) is 0.333. The van der Waals surface area contributed by atoms with Crippen LogP contribution in [-0.4, -0.2) is 31.4 Å². The van der Waals surface area contributed by atoms with Crippen LogP contribution in [0.4, 0.5) is 0 Å². The molecule has 0 saturated carbocycles. The first-order chi connectivity index (χ1) is 9.55. The van der Waals surface area contributed by atoms with Crippen LogP contribution in [0.25, 0.3) is 11.4 Å². The number of nitrogens with zero attached hydrogens (tertiary/aromatic N) is 2. The van der Waals surface area contributed by atoms with Crippen molar-refractivity contribution in [1.82, 2.24) is 14.9 Å². The van der Waals surface area contributed by atoms with Gasteiger partial charge in [-0.3, -0.25) is 0 Å². The van der Waals surface area contributed by atoms with Crippen molar-refractivity contribution in [2.24, 2.45) is 0 Å². The average Bonchev–Trinajstić information content (AvgIpc) is 2.94. The van der Waals surface area contributed by atoms with E-state index in [4.69, 9.17) is 9.26 Å². The Balaban J connectivity index is 2.17. The zero-order chi connectivity index (χ0) is 14.6. The SMILES string of the molecule is CCS(=O)(=O)NCc1nc(-c2ccccc2OC)no1. The predicted molar refractivity (Wildman–Crippen MR) is 72.6 cm³/mol. The molecule has 7 nitrogen and oxygen atoms in total. The van der Waals surface area contributed by atoms with Gasteiger partial charge in [0.05, 0.1) is 25.0 Å². The van der Waals surface area contributed by atoms with Gasteiger partial charge in [-0.1, -0.05) is 17.3 Å². The van der Waals surface area contributed by atoms with E-state index in [1.807, 2.05) is 12.1 Å². The molecule has 0 unspecified atom stereocenters. The lowest BCUT2D eigenvalue weighted by Gasteiger charge is -2.03. The summed E-state index contributed by atoms with van der Waals surface area (Å²) in [6.45, 7) is 1.52. The Morgan fingerprint density at radius 3 is 2.80 bits per heavy atom. The molecule has 2 aromatic rings.